The molecule has 0 saturated carbocycles. The minimum atomic E-state index is 0.172. The summed E-state index contributed by atoms with van der Waals surface area (Å²) in [5, 5.41) is 0. The Hall–Kier alpha value is -0.610. The normalized spacial score (nSPS) is 30.7. The second-order valence-corrected chi connectivity index (χ2v) is 4.92. The maximum absolute atomic E-state index is 12.0. The summed E-state index contributed by atoms with van der Waals surface area (Å²) in [6, 6.07) is 0. The van der Waals surface area contributed by atoms with Gasteiger partial charge in [0.05, 0.1) is 12.5 Å². The van der Waals surface area contributed by atoms with Gasteiger partial charge in [0, 0.05) is 19.7 Å². The van der Waals surface area contributed by atoms with E-state index in [-0.39, 0.29) is 12.0 Å². The minimum absolute atomic E-state index is 0.172. The molecule has 2 aliphatic heterocycles. The van der Waals surface area contributed by atoms with E-state index in [0.29, 0.717) is 18.9 Å². The third kappa shape index (κ3) is 2.95. The monoisotopic (exact) mass is 226 g/mol. The van der Waals surface area contributed by atoms with Crippen molar-refractivity contribution in [1.82, 2.24) is 4.90 Å². The first-order valence-electron chi connectivity index (χ1n) is 6.39. The average molecular weight is 226 g/mol. The van der Waals surface area contributed by atoms with Gasteiger partial charge in [-0.2, -0.15) is 0 Å². The van der Waals surface area contributed by atoms with Gasteiger partial charge in [-0.25, -0.2) is 0 Å². The number of hydrogen-bond donors (Lipinski definition) is 1. The van der Waals surface area contributed by atoms with Crippen LogP contribution in [0.15, 0.2) is 0 Å². The number of likely N-dealkylation sites (tertiary alicyclic amines) is 1. The number of nitrogens with two attached hydrogens (primary N) is 1. The van der Waals surface area contributed by atoms with Gasteiger partial charge < -0.3 is 15.4 Å². The first-order valence-corrected chi connectivity index (χ1v) is 6.39. The molecule has 1 amide bonds. The molecule has 2 unspecified atom stereocenters. The lowest BCUT2D eigenvalue weighted by Gasteiger charge is -2.32. The second kappa shape index (κ2) is 5.64. The van der Waals surface area contributed by atoms with E-state index in [0.717, 1.165) is 39.0 Å². The summed E-state index contributed by atoms with van der Waals surface area (Å²) in [7, 11) is 0. The molecule has 2 atom stereocenters. The van der Waals surface area contributed by atoms with Crippen molar-refractivity contribution in [2.45, 2.75) is 38.2 Å². The number of nitrogens with zero attached hydrogens (tertiary/aromatic N) is 1. The molecule has 92 valence electrons. The lowest BCUT2D eigenvalue weighted by atomic mass is 9.98. The van der Waals surface area contributed by atoms with Crippen LogP contribution in [0.25, 0.3) is 0 Å². The van der Waals surface area contributed by atoms with E-state index >= 15 is 0 Å². The van der Waals surface area contributed by atoms with Gasteiger partial charge in [-0.1, -0.05) is 0 Å². The zero-order valence-electron chi connectivity index (χ0n) is 9.86. The Balaban J connectivity index is 1.79. The lowest BCUT2D eigenvalue weighted by molar-refractivity contribution is -0.135. The molecule has 2 saturated heterocycles. The molecular formula is C12H22N2O2. The molecule has 2 fully saturated rings. The summed E-state index contributed by atoms with van der Waals surface area (Å²) >= 11 is 0. The Kier molecular flexibility index (Phi) is 4.18. The number of hydrogen-bond acceptors (Lipinski definition) is 3. The van der Waals surface area contributed by atoms with E-state index in [1.54, 1.807) is 0 Å². The molecule has 2 N–H and O–H groups in total. The summed E-state index contributed by atoms with van der Waals surface area (Å²) in [5.74, 6) is 0.757. The fraction of sp³-hybridized carbons (Fsp3) is 0.917. The van der Waals surface area contributed by atoms with Gasteiger partial charge >= 0.3 is 0 Å². The quantitative estimate of drug-likeness (QED) is 0.772. The molecule has 0 aromatic carbocycles. The second-order valence-electron chi connectivity index (χ2n) is 4.92. The Morgan fingerprint density at radius 3 is 2.94 bits per heavy atom. The van der Waals surface area contributed by atoms with Gasteiger partial charge in [0.2, 0.25) is 5.91 Å². The molecule has 0 aromatic rings. The molecule has 0 aromatic heterocycles. The number of carbonyl (C=O) groups excluding carboxylic acids is 1. The van der Waals surface area contributed by atoms with E-state index in [2.05, 4.69) is 0 Å². The summed E-state index contributed by atoms with van der Waals surface area (Å²) in [4.78, 5) is 14.0. The standard InChI is InChI=1S/C12H22N2O2/c13-8-10-3-1-5-14(9-10)12(15)7-11-4-2-6-16-11/h10-11H,1-9,13H2. The molecule has 4 nitrogen and oxygen atoms in total. The van der Waals surface area contributed by atoms with Crippen molar-refractivity contribution in [3.05, 3.63) is 0 Å². The third-order valence-corrected chi connectivity index (χ3v) is 3.63. The van der Waals surface area contributed by atoms with Gasteiger partial charge in [0.1, 0.15) is 0 Å². The number of carbonyl (C=O) groups is 1. The van der Waals surface area contributed by atoms with E-state index in [1.807, 2.05) is 4.90 Å². The number of piperidine rings is 1. The molecule has 4 heteroatoms. The Labute approximate surface area is 97.1 Å². The summed E-state index contributed by atoms with van der Waals surface area (Å²) in [6.45, 7) is 3.27. The van der Waals surface area contributed by atoms with Crippen LogP contribution in [-0.2, 0) is 9.53 Å². The molecule has 2 heterocycles. The minimum Gasteiger partial charge on any atom is -0.378 e. The van der Waals surface area contributed by atoms with Gasteiger partial charge in [-0.15, -0.1) is 0 Å². The van der Waals surface area contributed by atoms with Crippen LogP contribution in [0.1, 0.15) is 32.1 Å². The van der Waals surface area contributed by atoms with Crippen LogP contribution in [0, 0.1) is 5.92 Å². The highest BCUT2D eigenvalue weighted by atomic mass is 16.5. The van der Waals surface area contributed by atoms with Gasteiger partial charge in [-0.3, -0.25) is 4.79 Å². The molecule has 0 radical (unpaired) electrons. The average Bonchev–Trinajstić information content (AvgIpc) is 2.82. The predicted octanol–water partition coefficient (Wildman–Crippen LogP) is 0.753. The highest BCUT2D eigenvalue weighted by Gasteiger charge is 2.26. The molecule has 2 aliphatic rings. The Morgan fingerprint density at radius 1 is 1.38 bits per heavy atom. The number of amides is 1. The maximum Gasteiger partial charge on any atom is 0.225 e. The highest BCUT2D eigenvalue weighted by molar-refractivity contribution is 5.76. The van der Waals surface area contributed by atoms with Crippen LogP contribution in [0.2, 0.25) is 0 Å². The van der Waals surface area contributed by atoms with Crippen LogP contribution in [0.3, 0.4) is 0 Å². The number of ether oxygens (including phenoxy) is 1. The van der Waals surface area contributed by atoms with Crippen LogP contribution in [-0.4, -0.2) is 43.2 Å². The Morgan fingerprint density at radius 2 is 2.25 bits per heavy atom. The lowest BCUT2D eigenvalue weighted by Crippen LogP contribution is -2.43. The van der Waals surface area contributed by atoms with Crippen LogP contribution < -0.4 is 5.73 Å². The van der Waals surface area contributed by atoms with Crippen molar-refractivity contribution in [3.8, 4) is 0 Å². The fourth-order valence-electron chi connectivity index (χ4n) is 2.61. The van der Waals surface area contributed by atoms with E-state index < -0.39 is 0 Å². The van der Waals surface area contributed by atoms with E-state index in [1.165, 1.54) is 6.42 Å². The van der Waals surface area contributed by atoms with Crippen LogP contribution in [0.4, 0.5) is 0 Å². The molecule has 16 heavy (non-hydrogen) atoms. The van der Waals surface area contributed by atoms with Gasteiger partial charge in [-0.05, 0) is 38.1 Å². The summed E-state index contributed by atoms with van der Waals surface area (Å²) < 4.78 is 5.50. The van der Waals surface area contributed by atoms with Crippen molar-refractivity contribution in [3.63, 3.8) is 0 Å². The highest BCUT2D eigenvalue weighted by Crippen LogP contribution is 2.20. The van der Waals surface area contributed by atoms with Crippen LogP contribution >= 0.6 is 0 Å². The fourth-order valence-corrected chi connectivity index (χ4v) is 2.61. The topological polar surface area (TPSA) is 55.6 Å². The van der Waals surface area contributed by atoms with E-state index in [4.69, 9.17) is 10.5 Å². The third-order valence-electron chi connectivity index (χ3n) is 3.63. The van der Waals surface area contributed by atoms with Crippen molar-refractivity contribution in [2.24, 2.45) is 11.7 Å². The summed E-state index contributed by atoms with van der Waals surface area (Å²) in [5.41, 5.74) is 5.67. The zero-order chi connectivity index (χ0) is 11.4. The van der Waals surface area contributed by atoms with Crippen molar-refractivity contribution in [1.29, 1.82) is 0 Å². The smallest absolute Gasteiger partial charge is 0.225 e. The summed E-state index contributed by atoms with van der Waals surface area (Å²) in [6.07, 6.45) is 5.14. The molecular weight excluding hydrogens is 204 g/mol. The first kappa shape index (κ1) is 11.9. The molecule has 2 rings (SSSR count). The molecule has 0 spiro atoms. The predicted molar refractivity (Wildman–Crippen MR) is 61.9 cm³/mol. The van der Waals surface area contributed by atoms with E-state index in [9.17, 15) is 4.79 Å². The van der Waals surface area contributed by atoms with Gasteiger partial charge in [0.25, 0.3) is 0 Å². The number of rotatable bonds is 3. The first-order chi connectivity index (χ1) is 7.79. The molecule has 0 bridgehead atoms. The van der Waals surface area contributed by atoms with Crippen LogP contribution in [0.5, 0.6) is 0 Å². The van der Waals surface area contributed by atoms with Crippen molar-refractivity contribution < 1.29 is 9.53 Å². The SMILES string of the molecule is NCC1CCCN(C(=O)CC2CCCO2)C1. The maximum atomic E-state index is 12.0. The van der Waals surface area contributed by atoms with Crippen molar-refractivity contribution in [2.75, 3.05) is 26.2 Å². The van der Waals surface area contributed by atoms with Crippen molar-refractivity contribution >= 4 is 5.91 Å². The Bertz CT molecular complexity index is 239. The molecule has 0 aliphatic carbocycles. The largest absolute Gasteiger partial charge is 0.378 e. The van der Waals surface area contributed by atoms with Gasteiger partial charge in [0.15, 0.2) is 0 Å². The zero-order valence-corrected chi connectivity index (χ0v) is 9.86.